The summed E-state index contributed by atoms with van der Waals surface area (Å²) in [6, 6.07) is 3.44. The fourth-order valence-electron chi connectivity index (χ4n) is 2.72. The number of aromatic nitrogens is 1. The number of H-pyrrole nitrogens is 1. The average molecular weight is 409 g/mol. The smallest absolute Gasteiger partial charge is 0.345 e. The molecule has 1 heterocycles. The lowest BCUT2D eigenvalue weighted by atomic mass is 10.1. The molecule has 0 bridgehead atoms. The third kappa shape index (κ3) is 4.04. The minimum absolute atomic E-state index is 0.0822. The van der Waals surface area contributed by atoms with Crippen LogP contribution < -0.4 is 0 Å². The van der Waals surface area contributed by atoms with Crippen LogP contribution in [0.4, 0.5) is 5.69 Å². The van der Waals surface area contributed by atoms with E-state index in [0.717, 1.165) is 12.1 Å². The maximum absolute atomic E-state index is 12.7. The van der Waals surface area contributed by atoms with Gasteiger partial charge in [0.05, 0.1) is 23.3 Å². The molecule has 1 aromatic carbocycles. The zero-order chi connectivity index (χ0) is 21.2. The second kappa shape index (κ2) is 8.22. The lowest BCUT2D eigenvalue weighted by Crippen LogP contribution is -2.25. The summed E-state index contributed by atoms with van der Waals surface area (Å²) in [5.74, 6) is -2.28. The highest BCUT2D eigenvalue weighted by Crippen LogP contribution is 2.25. The van der Waals surface area contributed by atoms with Crippen molar-refractivity contribution >= 4 is 35.0 Å². The zero-order valence-corrected chi connectivity index (χ0v) is 16.2. The fraction of sp³-hybridized carbons (Fsp3) is 0.278. The Morgan fingerprint density at radius 1 is 1.21 bits per heavy atom. The molecule has 9 nitrogen and oxygen atoms in total. The molecule has 0 aliphatic rings. The van der Waals surface area contributed by atoms with E-state index in [1.54, 1.807) is 13.8 Å². The molecule has 1 atom stereocenters. The van der Waals surface area contributed by atoms with Crippen LogP contribution in [-0.2, 0) is 9.47 Å². The van der Waals surface area contributed by atoms with E-state index in [9.17, 15) is 24.5 Å². The predicted molar refractivity (Wildman–Crippen MR) is 98.9 cm³/mol. The Morgan fingerprint density at radius 3 is 2.43 bits per heavy atom. The van der Waals surface area contributed by atoms with Crippen molar-refractivity contribution in [3.05, 3.63) is 61.4 Å². The molecule has 0 aliphatic carbocycles. The minimum atomic E-state index is -1.27. The van der Waals surface area contributed by atoms with Gasteiger partial charge in [-0.3, -0.25) is 14.9 Å². The molecule has 1 aromatic heterocycles. The average Bonchev–Trinajstić information content (AvgIpc) is 2.94. The number of nitro groups is 1. The first-order valence-electron chi connectivity index (χ1n) is 8.05. The van der Waals surface area contributed by atoms with E-state index >= 15 is 0 Å². The van der Waals surface area contributed by atoms with Gasteiger partial charge in [-0.05, 0) is 38.5 Å². The van der Waals surface area contributed by atoms with Crippen LogP contribution in [0.5, 0.6) is 0 Å². The van der Waals surface area contributed by atoms with Crippen LogP contribution in [0.15, 0.2) is 18.2 Å². The number of carbonyl (C=O) groups excluding carboxylic acids is 3. The first-order valence-corrected chi connectivity index (χ1v) is 8.42. The van der Waals surface area contributed by atoms with E-state index < -0.39 is 34.4 Å². The molecule has 0 fully saturated rings. The Labute approximate surface area is 164 Å². The third-order valence-corrected chi connectivity index (χ3v) is 4.34. The Hall–Kier alpha value is -3.20. The summed E-state index contributed by atoms with van der Waals surface area (Å²) in [5, 5.41) is 11.2. The van der Waals surface area contributed by atoms with Gasteiger partial charge in [-0.25, -0.2) is 9.59 Å². The predicted octanol–water partition coefficient (Wildman–Crippen LogP) is 3.41. The molecule has 0 spiro atoms. The van der Waals surface area contributed by atoms with Crippen LogP contribution in [0, 0.1) is 24.0 Å². The van der Waals surface area contributed by atoms with Crippen LogP contribution in [0.1, 0.15) is 49.4 Å². The van der Waals surface area contributed by atoms with Crippen molar-refractivity contribution in [2.45, 2.75) is 26.9 Å². The number of nitrogens with one attached hydrogen (secondary N) is 1. The molecule has 2 aromatic rings. The molecule has 0 saturated carbocycles. The van der Waals surface area contributed by atoms with Gasteiger partial charge in [-0.2, -0.15) is 0 Å². The first-order chi connectivity index (χ1) is 13.1. The van der Waals surface area contributed by atoms with E-state index in [1.807, 2.05) is 0 Å². The summed E-state index contributed by atoms with van der Waals surface area (Å²) in [4.78, 5) is 50.0. The second-order valence-electron chi connectivity index (χ2n) is 5.95. The highest BCUT2D eigenvalue weighted by Gasteiger charge is 2.29. The van der Waals surface area contributed by atoms with Crippen LogP contribution in [0.3, 0.4) is 0 Å². The number of rotatable bonds is 6. The van der Waals surface area contributed by atoms with Crippen LogP contribution in [0.2, 0.25) is 5.02 Å². The molecule has 10 heteroatoms. The molecule has 2 rings (SSSR count). The van der Waals surface area contributed by atoms with E-state index in [1.165, 1.54) is 20.1 Å². The molecular weight excluding hydrogens is 392 g/mol. The Kier molecular flexibility index (Phi) is 6.19. The molecular formula is C18H17ClN2O7. The number of esters is 2. The molecule has 148 valence electrons. The summed E-state index contributed by atoms with van der Waals surface area (Å²) >= 11 is 5.80. The SMILES string of the molecule is COC(=O)c1c(C)[nH]c(C(=O)[C@H](C)OC(=O)c2cc(Cl)ccc2[N+](=O)[O-])c1C. The van der Waals surface area contributed by atoms with Crippen molar-refractivity contribution in [1.82, 2.24) is 4.98 Å². The molecule has 0 amide bonds. The number of ether oxygens (including phenoxy) is 2. The summed E-state index contributed by atoms with van der Waals surface area (Å²) in [6.45, 7) is 4.48. The van der Waals surface area contributed by atoms with Gasteiger partial charge < -0.3 is 14.5 Å². The van der Waals surface area contributed by atoms with Gasteiger partial charge in [0, 0.05) is 16.8 Å². The summed E-state index contributed by atoms with van der Waals surface area (Å²) in [5.41, 5.74) is 0.219. The number of Topliss-reactive ketones (excluding diaryl/α,β-unsaturated/α-hetero) is 1. The van der Waals surface area contributed by atoms with E-state index in [0.29, 0.717) is 11.3 Å². The van der Waals surface area contributed by atoms with Gasteiger partial charge in [0.25, 0.3) is 5.69 Å². The third-order valence-electron chi connectivity index (χ3n) is 4.10. The number of hydrogen-bond acceptors (Lipinski definition) is 7. The van der Waals surface area contributed by atoms with Gasteiger partial charge >= 0.3 is 11.9 Å². The normalized spacial score (nSPS) is 11.6. The van der Waals surface area contributed by atoms with Crippen molar-refractivity contribution in [3.63, 3.8) is 0 Å². The van der Waals surface area contributed by atoms with Crippen molar-refractivity contribution in [3.8, 4) is 0 Å². The molecule has 0 radical (unpaired) electrons. The van der Waals surface area contributed by atoms with Gasteiger partial charge in [-0.15, -0.1) is 0 Å². The second-order valence-corrected chi connectivity index (χ2v) is 6.38. The van der Waals surface area contributed by atoms with E-state index in [-0.39, 0.29) is 21.8 Å². The topological polar surface area (TPSA) is 129 Å². The number of carbonyl (C=O) groups is 3. The fourth-order valence-corrected chi connectivity index (χ4v) is 2.89. The monoisotopic (exact) mass is 408 g/mol. The van der Waals surface area contributed by atoms with Gasteiger partial charge in [-0.1, -0.05) is 11.6 Å². The Morgan fingerprint density at radius 2 is 1.86 bits per heavy atom. The number of ketones is 1. The lowest BCUT2D eigenvalue weighted by Gasteiger charge is -2.12. The number of nitro benzene ring substituents is 1. The van der Waals surface area contributed by atoms with Crippen molar-refractivity contribution in [2.24, 2.45) is 0 Å². The van der Waals surface area contributed by atoms with Crippen molar-refractivity contribution < 1.29 is 28.8 Å². The molecule has 28 heavy (non-hydrogen) atoms. The number of hydrogen-bond donors (Lipinski definition) is 1. The van der Waals surface area contributed by atoms with Crippen molar-refractivity contribution in [2.75, 3.05) is 7.11 Å². The maximum atomic E-state index is 12.7. The molecule has 0 unspecified atom stereocenters. The summed E-state index contributed by atoms with van der Waals surface area (Å²) in [6.07, 6.45) is -1.27. The molecule has 0 aliphatic heterocycles. The standard InChI is InChI=1S/C18H17ClN2O7/c1-8-14(18(24)27-4)9(2)20-15(8)16(22)10(3)28-17(23)12-7-11(19)5-6-13(12)21(25)26/h5-7,10,20H,1-4H3/t10-/m0/s1. The Bertz CT molecular complexity index is 981. The van der Waals surface area contributed by atoms with Gasteiger partial charge in [0.1, 0.15) is 5.56 Å². The summed E-state index contributed by atoms with van der Waals surface area (Å²) in [7, 11) is 1.22. The highest BCUT2D eigenvalue weighted by molar-refractivity contribution is 6.31. The van der Waals surface area contributed by atoms with Crippen LogP contribution in [0.25, 0.3) is 0 Å². The van der Waals surface area contributed by atoms with Crippen LogP contribution in [-0.4, -0.2) is 40.8 Å². The number of aryl methyl sites for hydroxylation is 1. The van der Waals surface area contributed by atoms with E-state index in [2.05, 4.69) is 9.72 Å². The number of nitrogens with zero attached hydrogens (tertiary/aromatic N) is 1. The zero-order valence-electron chi connectivity index (χ0n) is 15.5. The number of benzene rings is 1. The minimum Gasteiger partial charge on any atom is -0.465 e. The molecule has 0 saturated heterocycles. The molecule has 1 N–H and O–H groups in total. The number of halogens is 1. The van der Waals surface area contributed by atoms with E-state index in [4.69, 9.17) is 16.3 Å². The van der Waals surface area contributed by atoms with Crippen molar-refractivity contribution in [1.29, 1.82) is 0 Å². The number of methoxy groups -OCH3 is 1. The van der Waals surface area contributed by atoms with Gasteiger partial charge in [0.15, 0.2) is 6.10 Å². The number of aromatic amines is 1. The van der Waals surface area contributed by atoms with Crippen LogP contribution >= 0.6 is 11.6 Å². The Balaban J connectivity index is 2.29. The maximum Gasteiger partial charge on any atom is 0.345 e. The lowest BCUT2D eigenvalue weighted by molar-refractivity contribution is -0.385. The first kappa shape index (κ1) is 21.1. The summed E-state index contributed by atoms with van der Waals surface area (Å²) < 4.78 is 9.79. The quantitative estimate of drug-likeness (QED) is 0.335. The largest absolute Gasteiger partial charge is 0.465 e. The highest BCUT2D eigenvalue weighted by atomic mass is 35.5. The van der Waals surface area contributed by atoms with Gasteiger partial charge in [0.2, 0.25) is 5.78 Å².